The highest BCUT2D eigenvalue weighted by Gasteiger charge is 2.31. The minimum absolute atomic E-state index is 0.153. The first-order valence-corrected chi connectivity index (χ1v) is 6.76. The van der Waals surface area contributed by atoms with E-state index in [0.717, 1.165) is 30.3 Å². The molecule has 0 amide bonds. The molecule has 0 bridgehead atoms. The number of ether oxygens (including phenoxy) is 2. The summed E-state index contributed by atoms with van der Waals surface area (Å²) in [6.07, 6.45) is 0. The van der Waals surface area contributed by atoms with Crippen molar-refractivity contribution >= 4 is 5.69 Å². The van der Waals surface area contributed by atoms with Crippen LogP contribution in [0.25, 0.3) is 0 Å². The monoisotopic (exact) mass is 264 g/mol. The van der Waals surface area contributed by atoms with E-state index in [2.05, 4.69) is 31.4 Å². The molecule has 0 saturated carbocycles. The highest BCUT2D eigenvalue weighted by atomic mass is 16.7. The third kappa shape index (κ3) is 4.03. The van der Waals surface area contributed by atoms with Gasteiger partial charge in [-0.1, -0.05) is 0 Å². The standard InChI is InChI=1S/C15H24N2O2/c1-14(2,3)17-9-8-16-11-6-7-12-13(10-11)19-15(4,5)18-12/h6-7,10,16-17H,8-9H2,1-5H3. The van der Waals surface area contributed by atoms with Crippen LogP contribution in [-0.4, -0.2) is 24.4 Å². The van der Waals surface area contributed by atoms with E-state index in [0.29, 0.717) is 0 Å². The zero-order valence-electron chi connectivity index (χ0n) is 12.5. The van der Waals surface area contributed by atoms with Gasteiger partial charge in [0.25, 0.3) is 0 Å². The lowest BCUT2D eigenvalue weighted by molar-refractivity contribution is -0.0431. The minimum Gasteiger partial charge on any atom is -0.449 e. The first kappa shape index (κ1) is 14.0. The Morgan fingerprint density at radius 2 is 1.74 bits per heavy atom. The predicted octanol–water partition coefficient (Wildman–Crippen LogP) is 2.99. The molecule has 106 valence electrons. The van der Waals surface area contributed by atoms with Crippen molar-refractivity contribution in [1.82, 2.24) is 5.32 Å². The van der Waals surface area contributed by atoms with Gasteiger partial charge in [-0.3, -0.25) is 0 Å². The number of rotatable bonds is 4. The molecule has 0 aliphatic carbocycles. The number of nitrogens with one attached hydrogen (secondary N) is 2. The largest absolute Gasteiger partial charge is 0.449 e. The summed E-state index contributed by atoms with van der Waals surface area (Å²) < 4.78 is 11.4. The first-order chi connectivity index (χ1) is 8.75. The molecule has 1 aliphatic heterocycles. The molecule has 1 aliphatic rings. The van der Waals surface area contributed by atoms with E-state index in [4.69, 9.17) is 9.47 Å². The van der Waals surface area contributed by atoms with Crippen LogP contribution < -0.4 is 20.1 Å². The molecule has 2 N–H and O–H groups in total. The average molecular weight is 264 g/mol. The highest BCUT2D eigenvalue weighted by Crippen LogP contribution is 2.40. The summed E-state index contributed by atoms with van der Waals surface area (Å²) in [7, 11) is 0. The Hall–Kier alpha value is -1.42. The van der Waals surface area contributed by atoms with Gasteiger partial charge in [0.1, 0.15) is 0 Å². The molecular formula is C15H24N2O2. The van der Waals surface area contributed by atoms with Crippen LogP contribution >= 0.6 is 0 Å². The maximum absolute atomic E-state index is 5.72. The second-order valence-electron chi connectivity index (χ2n) is 6.37. The summed E-state index contributed by atoms with van der Waals surface area (Å²) in [5, 5.41) is 6.82. The van der Waals surface area contributed by atoms with Crippen molar-refractivity contribution in [3.05, 3.63) is 18.2 Å². The Balaban J connectivity index is 1.87. The molecule has 0 saturated heterocycles. The third-order valence-electron chi connectivity index (χ3n) is 2.76. The van der Waals surface area contributed by atoms with Crippen LogP contribution in [0.15, 0.2) is 18.2 Å². The lowest BCUT2D eigenvalue weighted by Crippen LogP contribution is -2.38. The fourth-order valence-corrected chi connectivity index (χ4v) is 1.98. The summed E-state index contributed by atoms with van der Waals surface area (Å²) in [5.74, 6) is 1.05. The second kappa shape index (κ2) is 4.93. The van der Waals surface area contributed by atoms with E-state index < -0.39 is 5.79 Å². The molecule has 0 radical (unpaired) electrons. The number of hydrogen-bond acceptors (Lipinski definition) is 4. The molecule has 0 fully saturated rings. The second-order valence-corrected chi connectivity index (χ2v) is 6.37. The van der Waals surface area contributed by atoms with E-state index in [-0.39, 0.29) is 5.54 Å². The van der Waals surface area contributed by atoms with Crippen LogP contribution in [0.3, 0.4) is 0 Å². The molecule has 1 aromatic carbocycles. The SMILES string of the molecule is CC(C)(C)NCCNc1ccc2c(c1)OC(C)(C)O2. The fourth-order valence-electron chi connectivity index (χ4n) is 1.98. The molecule has 0 aromatic heterocycles. The van der Waals surface area contributed by atoms with Crippen molar-refractivity contribution in [2.45, 2.75) is 45.9 Å². The van der Waals surface area contributed by atoms with Crippen molar-refractivity contribution in [2.75, 3.05) is 18.4 Å². The minimum atomic E-state index is -0.561. The topological polar surface area (TPSA) is 42.5 Å². The van der Waals surface area contributed by atoms with Gasteiger partial charge in [0.2, 0.25) is 5.79 Å². The molecule has 0 spiro atoms. The molecular weight excluding hydrogens is 240 g/mol. The molecule has 2 rings (SSSR count). The van der Waals surface area contributed by atoms with Crippen LogP contribution in [0, 0.1) is 0 Å². The highest BCUT2D eigenvalue weighted by molar-refractivity contribution is 5.56. The Bertz CT molecular complexity index is 450. The van der Waals surface area contributed by atoms with E-state index >= 15 is 0 Å². The third-order valence-corrected chi connectivity index (χ3v) is 2.76. The van der Waals surface area contributed by atoms with Gasteiger partial charge in [-0.2, -0.15) is 0 Å². The summed E-state index contributed by atoms with van der Waals surface area (Å²) in [4.78, 5) is 0. The van der Waals surface area contributed by atoms with Gasteiger partial charge in [-0.15, -0.1) is 0 Å². The normalized spacial score (nSPS) is 16.5. The van der Waals surface area contributed by atoms with Crippen molar-refractivity contribution in [2.24, 2.45) is 0 Å². The molecule has 1 aromatic rings. The average Bonchev–Trinajstić information content (AvgIpc) is 2.56. The number of hydrogen-bond donors (Lipinski definition) is 2. The summed E-state index contributed by atoms with van der Waals surface area (Å²) in [6, 6.07) is 5.95. The van der Waals surface area contributed by atoms with Crippen molar-refractivity contribution in [3.63, 3.8) is 0 Å². The maximum atomic E-state index is 5.72. The van der Waals surface area contributed by atoms with Gasteiger partial charge in [-0.25, -0.2) is 0 Å². The van der Waals surface area contributed by atoms with Gasteiger partial charge in [-0.05, 0) is 32.9 Å². The van der Waals surface area contributed by atoms with Crippen molar-refractivity contribution < 1.29 is 9.47 Å². The number of fused-ring (bicyclic) bond motifs is 1. The lowest BCUT2D eigenvalue weighted by atomic mass is 10.1. The van der Waals surface area contributed by atoms with Crippen molar-refractivity contribution in [3.8, 4) is 11.5 Å². The Morgan fingerprint density at radius 3 is 2.42 bits per heavy atom. The predicted molar refractivity (Wildman–Crippen MR) is 78.0 cm³/mol. The molecule has 19 heavy (non-hydrogen) atoms. The molecule has 4 heteroatoms. The number of anilines is 1. The zero-order chi connectivity index (χ0) is 14.1. The smallest absolute Gasteiger partial charge is 0.246 e. The van der Waals surface area contributed by atoms with E-state index in [1.807, 2.05) is 32.0 Å². The number of benzene rings is 1. The maximum Gasteiger partial charge on any atom is 0.246 e. The van der Waals surface area contributed by atoms with Gasteiger partial charge in [0.05, 0.1) is 0 Å². The van der Waals surface area contributed by atoms with E-state index in [1.165, 1.54) is 0 Å². The zero-order valence-corrected chi connectivity index (χ0v) is 12.5. The molecule has 1 heterocycles. The summed E-state index contributed by atoms with van der Waals surface area (Å²) in [6.45, 7) is 12.1. The van der Waals surface area contributed by atoms with E-state index in [9.17, 15) is 0 Å². The quantitative estimate of drug-likeness (QED) is 0.820. The van der Waals surface area contributed by atoms with Crippen LogP contribution in [0.5, 0.6) is 11.5 Å². The van der Waals surface area contributed by atoms with Crippen LogP contribution in [0.1, 0.15) is 34.6 Å². The Labute approximate surface area is 115 Å². The summed E-state index contributed by atoms with van der Waals surface area (Å²) >= 11 is 0. The van der Waals surface area contributed by atoms with E-state index in [1.54, 1.807) is 0 Å². The van der Waals surface area contributed by atoms with Crippen LogP contribution in [-0.2, 0) is 0 Å². The summed E-state index contributed by atoms with van der Waals surface area (Å²) in [5.41, 5.74) is 1.20. The van der Waals surface area contributed by atoms with Crippen molar-refractivity contribution in [1.29, 1.82) is 0 Å². The lowest BCUT2D eigenvalue weighted by Gasteiger charge is -2.20. The first-order valence-electron chi connectivity index (χ1n) is 6.76. The molecule has 0 atom stereocenters. The van der Waals surface area contributed by atoms with Crippen LogP contribution in [0.4, 0.5) is 5.69 Å². The fraction of sp³-hybridized carbons (Fsp3) is 0.600. The van der Waals surface area contributed by atoms with Crippen LogP contribution in [0.2, 0.25) is 0 Å². The van der Waals surface area contributed by atoms with Gasteiger partial charge < -0.3 is 20.1 Å². The molecule has 0 unspecified atom stereocenters. The van der Waals surface area contributed by atoms with Gasteiger partial charge in [0.15, 0.2) is 11.5 Å². The van der Waals surface area contributed by atoms with Gasteiger partial charge in [0, 0.05) is 44.2 Å². The Kier molecular flexibility index (Phi) is 3.63. The molecule has 4 nitrogen and oxygen atoms in total. The van der Waals surface area contributed by atoms with Gasteiger partial charge >= 0.3 is 0 Å². The Morgan fingerprint density at radius 1 is 1.05 bits per heavy atom.